The molecule has 1 saturated carbocycles. The van der Waals surface area contributed by atoms with Gasteiger partial charge in [0.05, 0.1) is 29.0 Å². The highest BCUT2D eigenvalue weighted by Crippen LogP contribution is 2.20. The number of aromatic nitrogens is 2. The van der Waals surface area contributed by atoms with Gasteiger partial charge in [-0.05, 0) is 38.3 Å². The number of nitrogens with zero attached hydrogens (tertiary/aromatic N) is 2. The average Bonchev–Trinajstić information content (AvgIpc) is 3.03. The second kappa shape index (κ2) is 12.6. The fraction of sp³-hybridized carbons (Fsp3) is 0.542. The summed E-state index contributed by atoms with van der Waals surface area (Å²) in [6.45, 7) is 3.02. The highest BCUT2D eigenvalue weighted by Gasteiger charge is 2.18. The standard InChI is InChI=1S/C24H34N4O4S/c1-18-23(24(31)28(27(18)2)19-10-5-3-6-11-19)26-22(30)17-33-16-21(29)25-14-9-15-32-20-12-7-4-8-13-20/h3,5-6,10-11,20H,4,7-9,12-17H2,1-2H3,(H,25,29)(H,26,30). The Labute approximate surface area is 199 Å². The van der Waals surface area contributed by atoms with Gasteiger partial charge in [0.2, 0.25) is 11.8 Å². The first-order valence-electron chi connectivity index (χ1n) is 11.6. The zero-order chi connectivity index (χ0) is 23.6. The van der Waals surface area contributed by atoms with Crippen molar-refractivity contribution in [1.82, 2.24) is 14.7 Å². The number of thioether (sulfide) groups is 1. The van der Waals surface area contributed by atoms with Crippen LogP contribution in [0.15, 0.2) is 35.1 Å². The van der Waals surface area contributed by atoms with Crippen molar-refractivity contribution in [2.45, 2.75) is 51.6 Å². The Balaban J connectivity index is 1.36. The van der Waals surface area contributed by atoms with Crippen LogP contribution in [0.3, 0.4) is 0 Å². The van der Waals surface area contributed by atoms with Gasteiger partial charge in [0.25, 0.3) is 5.56 Å². The molecule has 0 saturated heterocycles. The molecule has 1 aliphatic carbocycles. The number of hydrogen-bond acceptors (Lipinski definition) is 5. The molecule has 33 heavy (non-hydrogen) atoms. The van der Waals surface area contributed by atoms with E-state index in [9.17, 15) is 14.4 Å². The lowest BCUT2D eigenvalue weighted by atomic mass is 9.98. The minimum atomic E-state index is -0.306. The minimum Gasteiger partial charge on any atom is -0.378 e. The van der Waals surface area contributed by atoms with E-state index in [4.69, 9.17) is 4.74 Å². The monoisotopic (exact) mass is 474 g/mol. The lowest BCUT2D eigenvalue weighted by molar-refractivity contribution is -0.118. The molecule has 0 bridgehead atoms. The first-order chi connectivity index (χ1) is 16.0. The van der Waals surface area contributed by atoms with Crippen LogP contribution >= 0.6 is 11.8 Å². The van der Waals surface area contributed by atoms with Crippen LogP contribution in [0.5, 0.6) is 0 Å². The van der Waals surface area contributed by atoms with E-state index in [0.717, 1.165) is 24.9 Å². The summed E-state index contributed by atoms with van der Waals surface area (Å²) < 4.78 is 9.08. The Morgan fingerprint density at radius 2 is 1.79 bits per heavy atom. The highest BCUT2D eigenvalue weighted by molar-refractivity contribution is 8.00. The molecule has 9 heteroatoms. The predicted octanol–water partition coefficient (Wildman–Crippen LogP) is 3.01. The molecule has 1 aliphatic rings. The van der Waals surface area contributed by atoms with E-state index < -0.39 is 0 Å². The highest BCUT2D eigenvalue weighted by atomic mass is 32.2. The molecule has 0 radical (unpaired) electrons. The van der Waals surface area contributed by atoms with Crippen molar-refractivity contribution in [3.63, 3.8) is 0 Å². The Morgan fingerprint density at radius 3 is 2.52 bits per heavy atom. The molecular weight excluding hydrogens is 440 g/mol. The third-order valence-electron chi connectivity index (χ3n) is 5.83. The van der Waals surface area contributed by atoms with Crippen LogP contribution in [0.1, 0.15) is 44.2 Å². The fourth-order valence-corrected chi connectivity index (χ4v) is 4.60. The summed E-state index contributed by atoms with van der Waals surface area (Å²) in [5.41, 5.74) is 1.36. The number of hydrogen-bond donors (Lipinski definition) is 2. The molecule has 8 nitrogen and oxygen atoms in total. The van der Waals surface area contributed by atoms with Gasteiger partial charge in [-0.3, -0.25) is 19.1 Å². The summed E-state index contributed by atoms with van der Waals surface area (Å²) >= 11 is 1.22. The zero-order valence-electron chi connectivity index (χ0n) is 19.5. The second-order valence-electron chi connectivity index (χ2n) is 8.31. The van der Waals surface area contributed by atoms with E-state index in [1.807, 2.05) is 30.3 Å². The molecule has 0 aliphatic heterocycles. The molecular formula is C24H34N4O4S. The van der Waals surface area contributed by atoms with Crippen molar-refractivity contribution in [2.75, 3.05) is 30.0 Å². The number of nitrogens with one attached hydrogen (secondary N) is 2. The predicted molar refractivity (Wildman–Crippen MR) is 132 cm³/mol. The Hall–Kier alpha value is -2.52. The lowest BCUT2D eigenvalue weighted by Gasteiger charge is -2.21. The zero-order valence-corrected chi connectivity index (χ0v) is 20.3. The molecule has 2 amide bonds. The van der Waals surface area contributed by atoms with Crippen LogP contribution in [0.4, 0.5) is 5.69 Å². The largest absolute Gasteiger partial charge is 0.378 e. The van der Waals surface area contributed by atoms with Gasteiger partial charge in [0, 0.05) is 20.2 Å². The molecule has 180 valence electrons. The molecule has 2 aromatic rings. The Morgan fingerprint density at radius 1 is 1.09 bits per heavy atom. The SMILES string of the molecule is Cc1c(NC(=O)CSCC(=O)NCCCOC2CCCCC2)c(=O)n(-c2ccccc2)n1C. The number of benzene rings is 1. The summed E-state index contributed by atoms with van der Waals surface area (Å²) in [5.74, 6) is -0.122. The third-order valence-corrected chi connectivity index (χ3v) is 6.77. The Kier molecular flexibility index (Phi) is 9.62. The molecule has 2 N–H and O–H groups in total. The van der Waals surface area contributed by atoms with Crippen molar-refractivity contribution < 1.29 is 14.3 Å². The van der Waals surface area contributed by atoms with Crippen LogP contribution < -0.4 is 16.2 Å². The van der Waals surface area contributed by atoms with E-state index in [1.165, 1.54) is 35.7 Å². The van der Waals surface area contributed by atoms with Gasteiger partial charge in [-0.25, -0.2) is 4.68 Å². The van der Waals surface area contributed by atoms with E-state index >= 15 is 0 Å². The Bertz CT molecular complexity index is 980. The maximum atomic E-state index is 12.8. The number of rotatable bonds is 11. The van der Waals surface area contributed by atoms with Gasteiger partial charge in [-0.15, -0.1) is 11.8 Å². The van der Waals surface area contributed by atoms with Crippen LogP contribution in [-0.4, -0.2) is 51.9 Å². The molecule has 0 unspecified atom stereocenters. The van der Waals surface area contributed by atoms with Crippen molar-refractivity contribution in [3.8, 4) is 5.69 Å². The molecule has 1 aromatic carbocycles. The number of amides is 2. The maximum Gasteiger partial charge on any atom is 0.295 e. The van der Waals surface area contributed by atoms with Crippen LogP contribution in [0, 0.1) is 6.92 Å². The summed E-state index contributed by atoms with van der Waals surface area (Å²) in [6, 6.07) is 9.26. The smallest absolute Gasteiger partial charge is 0.295 e. The summed E-state index contributed by atoms with van der Waals surface area (Å²) in [4.78, 5) is 37.2. The normalized spacial score (nSPS) is 14.2. The summed E-state index contributed by atoms with van der Waals surface area (Å²) in [7, 11) is 1.78. The van der Waals surface area contributed by atoms with E-state index in [0.29, 0.717) is 24.9 Å². The van der Waals surface area contributed by atoms with Crippen molar-refractivity contribution >= 4 is 29.3 Å². The van der Waals surface area contributed by atoms with Crippen LogP contribution in [0.2, 0.25) is 0 Å². The lowest BCUT2D eigenvalue weighted by Crippen LogP contribution is -2.28. The quantitative estimate of drug-likeness (QED) is 0.488. The molecule has 1 aromatic heterocycles. The fourth-order valence-electron chi connectivity index (χ4n) is 3.96. The average molecular weight is 475 g/mol. The first-order valence-corrected chi connectivity index (χ1v) is 12.7. The van der Waals surface area contributed by atoms with Gasteiger partial charge >= 0.3 is 0 Å². The molecule has 0 atom stereocenters. The number of para-hydroxylation sites is 1. The van der Waals surface area contributed by atoms with Crippen LogP contribution in [0.25, 0.3) is 5.69 Å². The van der Waals surface area contributed by atoms with Crippen molar-refractivity contribution in [2.24, 2.45) is 7.05 Å². The van der Waals surface area contributed by atoms with Crippen LogP contribution in [-0.2, 0) is 21.4 Å². The van der Waals surface area contributed by atoms with E-state index in [2.05, 4.69) is 10.6 Å². The molecule has 3 rings (SSSR count). The second-order valence-corrected chi connectivity index (χ2v) is 9.30. The van der Waals surface area contributed by atoms with Crippen molar-refractivity contribution in [1.29, 1.82) is 0 Å². The maximum absolute atomic E-state index is 12.8. The topological polar surface area (TPSA) is 94.4 Å². The molecule has 1 heterocycles. The summed E-state index contributed by atoms with van der Waals surface area (Å²) in [5, 5.41) is 5.57. The summed E-state index contributed by atoms with van der Waals surface area (Å²) in [6.07, 6.45) is 7.27. The minimum absolute atomic E-state index is 0.0946. The number of ether oxygens (including phenoxy) is 1. The molecule has 0 spiro atoms. The van der Waals surface area contributed by atoms with Gasteiger partial charge in [0.15, 0.2) is 0 Å². The van der Waals surface area contributed by atoms with Gasteiger partial charge in [-0.2, -0.15) is 0 Å². The number of carbonyl (C=O) groups excluding carboxylic acids is 2. The third kappa shape index (κ3) is 7.23. The number of anilines is 1. The molecule has 1 fully saturated rings. The van der Waals surface area contributed by atoms with Crippen molar-refractivity contribution in [3.05, 3.63) is 46.4 Å². The number of carbonyl (C=O) groups is 2. The van der Waals surface area contributed by atoms with Gasteiger partial charge in [-0.1, -0.05) is 37.5 Å². The van der Waals surface area contributed by atoms with E-state index in [-0.39, 0.29) is 34.6 Å². The first kappa shape index (κ1) is 25.1. The van der Waals surface area contributed by atoms with Gasteiger partial charge in [0.1, 0.15) is 5.69 Å². The van der Waals surface area contributed by atoms with Gasteiger partial charge < -0.3 is 15.4 Å². The van der Waals surface area contributed by atoms with E-state index in [1.54, 1.807) is 18.7 Å².